The Kier molecular flexibility index (Phi) is 4.43. The zero-order chi connectivity index (χ0) is 20.2. The zero-order valence-electron chi connectivity index (χ0n) is 16.3. The van der Waals surface area contributed by atoms with E-state index < -0.39 is 35.8 Å². The molecule has 1 aliphatic heterocycles. The smallest absolute Gasteiger partial charge is 0.335 e. The fourth-order valence-corrected chi connectivity index (χ4v) is 5.93. The molecule has 152 valence electrons. The highest BCUT2D eigenvalue weighted by atomic mass is 16.2. The van der Waals surface area contributed by atoms with E-state index >= 15 is 0 Å². The molecule has 0 aromatic rings. The number of amides is 6. The summed E-state index contributed by atoms with van der Waals surface area (Å²) in [5.74, 6) is -1.18. The van der Waals surface area contributed by atoms with Gasteiger partial charge in [0.1, 0.15) is 6.54 Å². The van der Waals surface area contributed by atoms with Crippen LogP contribution in [0.15, 0.2) is 0 Å². The first-order valence-electron chi connectivity index (χ1n) is 9.87. The maximum Gasteiger partial charge on any atom is 0.335 e. The Hall–Kier alpha value is -2.45. The summed E-state index contributed by atoms with van der Waals surface area (Å²) in [7, 11) is 3.12. The van der Waals surface area contributed by atoms with Gasteiger partial charge in [0, 0.05) is 14.1 Å². The minimum absolute atomic E-state index is 0.227. The Labute approximate surface area is 163 Å². The van der Waals surface area contributed by atoms with E-state index in [9.17, 15) is 24.0 Å². The minimum Gasteiger partial charge on any atom is -0.347 e. The Morgan fingerprint density at radius 1 is 1.00 bits per heavy atom. The van der Waals surface area contributed by atoms with Gasteiger partial charge in [0.15, 0.2) is 0 Å². The molecule has 1 N–H and O–H groups in total. The van der Waals surface area contributed by atoms with E-state index in [0.29, 0.717) is 17.8 Å². The van der Waals surface area contributed by atoms with E-state index in [1.807, 2.05) is 0 Å². The molecule has 9 heteroatoms. The molecular weight excluding hydrogens is 364 g/mol. The second kappa shape index (κ2) is 6.56. The van der Waals surface area contributed by atoms with Gasteiger partial charge in [-0.3, -0.25) is 19.2 Å². The van der Waals surface area contributed by atoms with E-state index in [4.69, 9.17) is 0 Å². The number of nitrogens with one attached hydrogen (secondary N) is 1. The summed E-state index contributed by atoms with van der Waals surface area (Å²) in [4.78, 5) is 65.0. The average molecular weight is 390 g/mol. The third-order valence-corrected chi connectivity index (χ3v) is 6.77. The van der Waals surface area contributed by atoms with Crippen molar-refractivity contribution in [2.24, 2.45) is 17.8 Å². The molecule has 1 saturated heterocycles. The summed E-state index contributed by atoms with van der Waals surface area (Å²) in [5, 5.41) is 2.39. The fourth-order valence-electron chi connectivity index (χ4n) is 5.93. The summed E-state index contributed by atoms with van der Waals surface area (Å²) in [6.07, 6.45) is 5.74. The molecule has 4 bridgehead atoms. The highest BCUT2D eigenvalue weighted by molar-refractivity contribution is 6.45. The molecule has 0 unspecified atom stereocenters. The Morgan fingerprint density at radius 3 is 2.04 bits per heavy atom. The van der Waals surface area contributed by atoms with Gasteiger partial charge in [-0.1, -0.05) is 0 Å². The van der Waals surface area contributed by atoms with E-state index in [2.05, 4.69) is 5.32 Å². The lowest BCUT2D eigenvalue weighted by molar-refractivity contribution is -0.150. The van der Waals surface area contributed by atoms with Crippen molar-refractivity contribution in [3.05, 3.63) is 0 Å². The molecule has 0 radical (unpaired) electrons. The first-order chi connectivity index (χ1) is 13.2. The molecule has 4 saturated carbocycles. The SMILES string of the molecule is CN(C)C(=O)CNC(=O)CN1C(=O)C(=O)N(C23CC4CC(CC(C4)C2)C3)C1=O. The molecule has 1 heterocycles. The van der Waals surface area contributed by atoms with Crippen LogP contribution in [0, 0.1) is 17.8 Å². The van der Waals surface area contributed by atoms with Crippen molar-refractivity contribution in [3.63, 3.8) is 0 Å². The first-order valence-corrected chi connectivity index (χ1v) is 9.87. The van der Waals surface area contributed by atoms with Crippen LogP contribution >= 0.6 is 0 Å². The van der Waals surface area contributed by atoms with E-state index in [0.717, 1.165) is 48.3 Å². The summed E-state index contributed by atoms with van der Waals surface area (Å²) in [5.41, 5.74) is -0.565. The summed E-state index contributed by atoms with van der Waals surface area (Å²) in [6.45, 7) is -0.776. The van der Waals surface area contributed by atoms with Crippen LogP contribution in [0.1, 0.15) is 38.5 Å². The topological polar surface area (TPSA) is 107 Å². The lowest BCUT2D eigenvalue weighted by Gasteiger charge is -2.58. The number of urea groups is 1. The average Bonchev–Trinajstić information content (AvgIpc) is 2.82. The van der Waals surface area contributed by atoms with Crippen molar-refractivity contribution in [3.8, 4) is 0 Å². The Morgan fingerprint density at radius 2 is 1.54 bits per heavy atom. The molecule has 5 aliphatic rings. The number of carbonyl (C=O) groups excluding carboxylic acids is 5. The van der Waals surface area contributed by atoms with Gasteiger partial charge in [-0.15, -0.1) is 0 Å². The lowest BCUT2D eigenvalue weighted by atomic mass is 9.52. The third kappa shape index (κ3) is 2.97. The largest absolute Gasteiger partial charge is 0.347 e. The summed E-state index contributed by atoms with van der Waals surface area (Å²) in [6, 6.07) is -0.689. The van der Waals surface area contributed by atoms with Crippen LogP contribution < -0.4 is 5.32 Å². The van der Waals surface area contributed by atoms with Crippen LogP contribution in [0.5, 0.6) is 0 Å². The molecular formula is C19H26N4O5. The predicted molar refractivity (Wildman–Crippen MR) is 96.6 cm³/mol. The maximum atomic E-state index is 13.0. The highest BCUT2D eigenvalue weighted by Gasteiger charge is 2.61. The molecule has 0 spiro atoms. The van der Waals surface area contributed by atoms with E-state index in [1.165, 1.54) is 4.90 Å². The molecule has 9 nitrogen and oxygen atoms in total. The number of hydrogen-bond acceptors (Lipinski definition) is 5. The molecule has 0 aromatic heterocycles. The van der Waals surface area contributed by atoms with Crippen LogP contribution in [0.4, 0.5) is 4.79 Å². The monoisotopic (exact) mass is 390 g/mol. The minimum atomic E-state index is -0.949. The van der Waals surface area contributed by atoms with Gasteiger partial charge >= 0.3 is 17.8 Å². The molecule has 5 rings (SSSR count). The fraction of sp³-hybridized carbons (Fsp3) is 0.737. The number of likely N-dealkylation sites (N-methyl/N-ethyl adjacent to an activating group) is 1. The predicted octanol–water partition coefficient (Wildman–Crippen LogP) is -0.0496. The van der Waals surface area contributed by atoms with Crippen LogP contribution in [0.3, 0.4) is 0 Å². The number of hydrogen-bond donors (Lipinski definition) is 1. The van der Waals surface area contributed by atoms with Crippen molar-refractivity contribution < 1.29 is 24.0 Å². The molecule has 0 aromatic carbocycles. The van der Waals surface area contributed by atoms with Crippen molar-refractivity contribution in [2.45, 2.75) is 44.1 Å². The van der Waals surface area contributed by atoms with Gasteiger partial charge in [0.05, 0.1) is 12.1 Å². The number of rotatable bonds is 5. The molecule has 28 heavy (non-hydrogen) atoms. The summed E-state index contributed by atoms with van der Waals surface area (Å²) >= 11 is 0. The highest BCUT2D eigenvalue weighted by Crippen LogP contribution is 2.58. The molecule has 6 amide bonds. The Balaban J connectivity index is 1.46. The lowest BCUT2D eigenvalue weighted by Crippen LogP contribution is -2.62. The second-order valence-corrected chi connectivity index (χ2v) is 9.02. The molecule has 0 atom stereocenters. The quantitative estimate of drug-likeness (QED) is 0.523. The van der Waals surface area contributed by atoms with Gasteiger partial charge in [-0.2, -0.15) is 0 Å². The van der Waals surface area contributed by atoms with Gasteiger partial charge in [-0.25, -0.2) is 14.6 Å². The van der Waals surface area contributed by atoms with Crippen LogP contribution in [-0.4, -0.2) is 77.1 Å². The standard InChI is InChI=1S/C19H26N4O5/c1-21(2)15(25)9-20-14(24)10-22-16(26)17(27)23(18(22)28)19-6-11-3-12(7-19)5-13(4-11)8-19/h11-13H,3-10H2,1-2H3,(H,20,24). The zero-order valence-corrected chi connectivity index (χ0v) is 16.3. The van der Waals surface area contributed by atoms with Crippen molar-refractivity contribution in [2.75, 3.05) is 27.2 Å². The number of imide groups is 2. The maximum absolute atomic E-state index is 13.0. The van der Waals surface area contributed by atoms with Crippen LogP contribution in [0.2, 0.25) is 0 Å². The van der Waals surface area contributed by atoms with E-state index in [-0.39, 0.29) is 12.5 Å². The first kappa shape index (κ1) is 18.9. The van der Waals surface area contributed by atoms with Gasteiger partial charge in [0.25, 0.3) is 0 Å². The van der Waals surface area contributed by atoms with Crippen molar-refractivity contribution >= 4 is 29.7 Å². The normalized spacial score (nSPS) is 33.6. The van der Waals surface area contributed by atoms with Crippen LogP contribution in [-0.2, 0) is 19.2 Å². The third-order valence-electron chi connectivity index (χ3n) is 6.77. The number of carbonyl (C=O) groups is 5. The van der Waals surface area contributed by atoms with Gasteiger partial charge in [-0.05, 0) is 56.3 Å². The van der Waals surface area contributed by atoms with E-state index in [1.54, 1.807) is 14.1 Å². The van der Waals surface area contributed by atoms with Crippen molar-refractivity contribution in [1.82, 2.24) is 20.0 Å². The van der Waals surface area contributed by atoms with Crippen molar-refractivity contribution in [1.29, 1.82) is 0 Å². The number of nitrogens with zero attached hydrogens (tertiary/aromatic N) is 3. The van der Waals surface area contributed by atoms with Crippen LogP contribution in [0.25, 0.3) is 0 Å². The summed E-state index contributed by atoms with van der Waals surface area (Å²) < 4.78 is 0. The Bertz CT molecular complexity index is 726. The molecule has 4 aliphatic carbocycles. The second-order valence-electron chi connectivity index (χ2n) is 9.02. The molecule has 5 fully saturated rings. The van der Waals surface area contributed by atoms with Gasteiger partial charge < -0.3 is 10.2 Å². The van der Waals surface area contributed by atoms with Gasteiger partial charge in [0.2, 0.25) is 11.8 Å².